The van der Waals surface area contributed by atoms with Crippen LogP contribution < -0.4 is 5.32 Å². The summed E-state index contributed by atoms with van der Waals surface area (Å²) in [6.07, 6.45) is 2.16. The van der Waals surface area contributed by atoms with Crippen LogP contribution in [0.3, 0.4) is 0 Å². The molecule has 1 saturated carbocycles. The minimum absolute atomic E-state index is 0.116. The number of carboxylic acids is 1. The molecule has 1 aromatic rings. The number of carboxylic acid groups (broad SMARTS) is 1. The van der Waals surface area contributed by atoms with Crippen LogP contribution in [0, 0.1) is 11.8 Å². The summed E-state index contributed by atoms with van der Waals surface area (Å²) in [6.45, 7) is 0.573. The molecule has 2 aliphatic rings. The van der Waals surface area contributed by atoms with Crippen LogP contribution in [0.25, 0.3) is 0 Å². The van der Waals surface area contributed by atoms with E-state index in [-0.39, 0.29) is 29.3 Å². The molecule has 1 aliphatic heterocycles. The standard InChI is InChI=1S/C17H22N2O5S/c20-16(18-14-9-13(10-14)17(21)22)12-5-4-8-19(11-12)25(23,24)15-6-2-1-3-7-15/h1-3,6-7,12-14H,4-5,8-11H2,(H,18,20)(H,21,22). The molecule has 2 fully saturated rings. The van der Waals surface area contributed by atoms with Gasteiger partial charge in [0, 0.05) is 19.1 Å². The number of nitrogens with one attached hydrogen (secondary N) is 1. The van der Waals surface area contributed by atoms with Crippen LogP contribution in [0.2, 0.25) is 0 Å². The number of aliphatic carboxylic acids is 1. The van der Waals surface area contributed by atoms with Gasteiger partial charge in [0.15, 0.2) is 0 Å². The first-order chi connectivity index (χ1) is 11.9. The molecule has 1 saturated heterocycles. The molecule has 2 N–H and O–H groups in total. The molecule has 0 radical (unpaired) electrons. The summed E-state index contributed by atoms with van der Waals surface area (Å²) >= 11 is 0. The van der Waals surface area contributed by atoms with Gasteiger partial charge in [-0.1, -0.05) is 18.2 Å². The summed E-state index contributed by atoms with van der Waals surface area (Å²) in [7, 11) is -3.59. The van der Waals surface area contributed by atoms with E-state index >= 15 is 0 Å². The van der Waals surface area contributed by atoms with Crippen LogP contribution in [-0.4, -0.2) is 48.8 Å². The molecular formula is C17H22N2O5S. The number of amides is 1. The van der Waals surface area contributed by atoms with Gasteiger partial charge in [-0.3, -0.25) is 9.59 Å². The number of carbonyl (C=O) groups is 2. The maximum Gasteiger partial charge on any atom is 0.306 e. The molecule has 8 heteroatoms. The fourth-order valence-corrected chi connectivity index (χ4v) is 4.92. The van der Waals surface area contributed by atoms with Crippen LogP contribution in [0.5, 0.6) is 0 Å². The Morgan fingerprint density at radius 3 is 2.44 bits per heavy atom. The predicted octanol–water partition coefficient (Wildman–Crippen LogP) is 1.07. The minimum Gasteiger partial charge on any atom is -0.481 e. The van der Waals surface area contributed by atoms with Gasteiger partial charge in [0.1, 0.15) is 0 Å². The molecule has 1 aliphatic carbocycles. The molecule has 25 heavy (non-hydrogen) atoms. The summed E-state index contributed by atoms with van der Waals surface area (Å²) in [4.78, 5) is 23.5. The average molecular weight is 366 g/mol. The zero-order valence-corrected chi connectivity index (χ0v) is 14.6. The Morgan fingerprint density at radius 2 is 1.80 bits per heavy atom. The highest BCUT2D eigenvalue weighted by atomic mass is 32.2. The van der Waals surface area contributed by atoms with Gasteiger partial charge in [0.25, 0.3) is 0 Å². The van der Waals surface area contributed by atoms with Crippen molar-refractivity contribution in [1.82, 2.24) is 9.62 Å². The second kappa shape index (κ2) is 7.13. The van der Waals surface area contributed by atoms with E-state index in [0.29, 0.717) is 32.2 Å². The normalized spacial score (nSPS) is 27.3. The lowest BCUT2D eigenvalue weighted by atomic mass is 9.80. The summed E-state index contributed by atoms with van der Waals surface area (Å²) in [5.74, 6) is -1.78. The van der Waals surface area contributed by atoms with E-state index < -0.39 is 21.9 Å². The van der Waals surface area contributed by atoms with Crippen molar-refractivity contribution in [3.05, 3.63) is 30.3 Å². The Balaban J connectivity index is 1.60. The summed E-state index contributed by atoms with van der Waals surface area (Å²) < 4.78 is 26.8. The Hall–Kier alpha value is -1.93. The van der Waals surface area contributed by atoms with Crippen LogP contribution >= 0.6 is 0 Å². The number of hydrogen-bond donors (Lipinski definition) is 2. The number of benzene rings is 1. The molecule has 1 aromatic carbocycles. The quantitative estimate of drug-likeness (QED) is 0.811. The van der Waals surface area contributed by atoms with Crippen LogP contribution in [-0.2, 0) is 19.6 Å². The Labute approximate surface area is 147 Å². The van der Waals surface area contributed by atoms with Crippen LogP contribution in [0.15, 0.2) is 35.2 Å². The minimum atomic E-state index is -3.59. The van der Waals surface area contributed by atoms with Crippen molar-refractivity contribution in [3.63, 3.8) is 0 Å². The third-order valence-electron chi connectivity index (χ3n) is 4.97. The highest BCUT2D eigenvalue weighted by Crippen LogP contribution is 2.29. The fourth-order valence-electron chi connectivity index (χ4n) is 3.37. The molecule has 136 valence electrons. The van der Waals surface area contributed by atoms with Gasteiger partial charge in [-0.15, -0.1) is 0 Å². The first-order valence-corrected chi connectivity index (χ1v) is 9.90. The van der Waals surface area contributed by atoms with Crippen molar-refractivity contribution in [2.24, 2.45) is 11.8 Å². The van der Waals surface area contributed by atoms with Crippen LogP contribution in [0.1, 0.15) is 25.7 Å². The van der Waals surface area contributed by atoms with Gasteiger partial charge in [0.05, 0.1) is 16.7 Å². The zero-order chi connectivity index (χ0) is 18.0. The lowest BCUT2D eigenvalue weighted by Crippen LogP contribution is -2.51. The van der Waals surface area contributed by atoms with E-state index in [1.807, 2.05) is 0 Å². The van der Waals surface area contributed by atoms with Gasteiger partial charge in [-0.25, -0.2) is 8.42 Å². The SMILES string of the molecule is O=C(O)C1CC(NC(=O)C2CCCN(S(=O)(=O)c3ccccc3)C2)C1. The molecule has 1 amide bonds. The maximum absolute atomic E-state index is 12.7. The number of hydrogen-bond acceptors (Lipinski definition) is 4. The topological polar surface area (TPSA) is 104 Å². The summed E-state index contributed by atoms with van der Waals surface area (Å²) in [5.41, 5.74) is 0. The molecular weight excluding hydrogens is 344 g/mol. The van der Waals surface area contributed by atoms with Gasteiger partial charge < -0.3 is 10.4 Å². The maximum atomic E-state index is 12.7. The highest BCUT2D eigenvalue weighted by molar-refractivity contribution is 7.89. The van der Waals surface area contributed by atoms with Crippen molar-refractivity contribution in [2.45, 2.75) is 36.6 Å². The third-order valence-corrected chi connectivity index (χ3v) is 6.85. The largest absolute Gasteiger partial charge is 0.481 e. The zero-order valence-electron chi connectivity index (χ0n) is 13.8. The van der Waals surface area contributed by atoms with Crippen molar-refractivity contribution >= 4 is 21.9 Å². The van der Waals surface area contributed by atoms with E-state index in [1.54, 1.807) is 30.3 Å². The Bertz CT molecular complexity index is 744. The predicted molar refractivity (Wildman–Crippen MR) is 90.2 cm³/mol. The highest BCUT2D eigenvalue weighted by Gasteiger charge is 2.38. The fraction of sp³-hybridized carbons (Fsp3) is 0.529. The molecule has 7 nitrogen and oxygen atoms in total. The second-order valence-corrected chi connectivity index (χ2v) is 8.67. The molecule has 3 rings (SSSR count). The molecule has 0 aromatic heterocycles. The second-order valence-electron chi connectivity index (χ2n) is 6.73. The van der Waals surface area contributed by atoms with Gasteiger partial charge in [0.2, 0.25) is 15.9 Å². The molecule has 1 heterocycles. The first kappa shape index (κ1) is 17.9. The molecule has 0 bridgehead atoms. The van der Waals surface area contributed by atoms with E-state index in [0.717, 1.165) is 0 Å². The molecule has 0 spiro atoms. The Kier molecular flexibility index (Phi) is 5.10. The smallest absolute Gasteiger partial charge is 0.306 e. The van der Waals surface area contributed by atoms with Crippen molar-refractivity contribution in [2.75, 3.05) is 13.1 Å². The number of nitrogens with zero attached hydrogens (tertiary/aromatic N) is 1. The number of rotatable bonds is 5. The summed E-state index contributed by atoms with van der Waals surface area (Å²) in [5, 5.41) is 11.7. The van der Waals surface area contributed by atoms with E-state index in [1.165, 1.54) is 4.31 Å². The average Bonchev–Trinajstić information content (AvgIpc) is 2.58. The van der Waals surface area contributed by atoms with Crippen LogP contribution in [0.4, 0.5) is 0 Å². The van der Waals surface area contributed by atoms with Crippen molar-refractivity contribution in [1.29, 1.82) is 0 Å². The van der Waals surface area contributed by atoms with Crippen molar-refractivity contribution in [3.8, 4) is 0 Å². The van der Waals surface area contributed by atoms with Gasteiger partial charge >= 0.3 is 5.97 Å². The third kappa shape index (κ3) is 3.85. The van der Waals surface area contributed by atoms with E-state index in [9.17, 15) is 18.0 Å². The molecule has 1 atom stereocenters. The van der Waals surface area contributed by atoms with Crippen molar-refractivity contribution < 1.29 is 23.1 Å². The van der Waals surface area contributed by atoms with E-state index in [4.69, 9.17) is 5.11 Å². The van der Waals surface area contributed by atoms with Gasteiger partial charge in [-0.05, 0) is 37.8 Å². The lowest BCUT2D eigenvalue weighted by Gasteiger charge is -2.36. The summed E-state index contributed by atoms with van der Waals surface area (Å²) in [6, 6.07) is 8.11. The monoisotopic (exact) mass is 366 g/mol. The lowest BCUT2D eigenvalue weighted by molar-refractivity contribution is -0.146. The van der Waals surface area contributed by atoms with E-state index in [2.05, 4.69) is 5.32 Å². The number of sulfonamides is 1. The Morgan fingerprint density at radius 1 is 1.12 bits per heavy atom. The first-order valence-electron chi connectivity index (χ1n) is 8.46. The van der Waals surface area contributed by atoms with Gasteiger partial charge in [-0.2, -0.15) is 4.31 Å². The number of piperidine rings is 1. The number of carbonyl (C=O) groups excluding carboxylic acids is 1. The molecule has 1 unspecified atom stereocenters.